The minimum Gasteiger partial charge on any atom is -0.462 e. The summed E-state index contributed by atoms with van der Waals surface area (Å²) in [4.78, 5) is 61.3. The van der Waals surface area contributed by atoms with Crippen LogP contribution < -0.4 is 10.6 Å². The molecular formula is C32H52N2O12SSi. The molecule has 0 aromatic rings. The number of thioether (sulfide) groups is 1. The van der Waals surface area contributed by atoms with Gasteiger partial charge >= 0.3 is 32.8 Å². The van der Waals surface area contributed by atoms with Crippen molar-refractivity contribution in [1.82, 2.24) is 10.6 Å². The molecule has 1 aliphatic carbocycles. The third-order valence-electron chi connectivity index (χ3n) is 7.79. The first-order valence-electron chi connectivity index (χ1n) is 15.4. The number of hydrogen-bond acceptors (Lipinski definition) is 13. The highest BCUT2D eigenvalue weighted by Gasteiger charge is 2.43. The van der Waals surface area contributed by atoms with Crippen LogP contribution in [0.25, 0.3) is 0 Å². The van der Waals surface area contributed by atoms with Crippen molar-refractivity contribution in [2.24, 2.45) is 16.2 Å². The highest BCUT2D eigenvalue weighted by Crippen LogP contribution is 2.46. The van der Waals surface area contributed by atoms with Gasteiger partial charge in [0.2, 0.25) is 0 Å². The molecule has 2 N–H and O–H groups in total. The molecule has 2 unspecified atom stereocenters. The van der Waals surface area contributed by atoms with Crippen LogP contribution in [-0.4, -0.2) is 104 Å². The van der Waals surface area contributed by atoms with Gasteiger partial charge in [0.25, 0.3) is 5.24 Å². The van der Waals surface area contributed by atoms with Crippen molar-refractivity contribution in [3.63, 3.8) is 0 Å². The number of hydrogen-bond donors (Lipinski definition) is 2. The molecule has 0 radical (unpaired) electrons. The van der Waals surface area contributed by atoms with Gasteiger partial charge < -0.3 is 42.9 Å². The minimum absolute atomic E-state index is 0.147. The van der Waals surface area contributed by atoms with Gasteiger partial charge in [-0.05, 0) is 36.5 Å². The molecule has 1 aliphatic rings. The van der Waals surface area contributed by atoms with E-state index >= 15 is 0 Å². The average molecular weight is 717 g/mol. The average Bonchev–Trinajstić information content (AvgIpc) is 3.05. The number of carbonyl (C=O) groups excluding carboxylic acids is 5. The van der Waals surface area contributed by atoms with Gasteiger partial charge in [0.05, 0.1) is 0 Å². The summed E-state index contributed by atoms with van der Waals surface area (Å²) in [6.45, 7) is 15.0. The number of carbonyl (C=O) groups is 5. The third kappa shape index (κ3) is 15.4. The van der Waals surface area contributed by atoms with E-state index in [0.717, 1.165) is 24.6 Å². The van der Waals surface area contributed by atoms with E-state index in [1.807, 2.05) is 0 Å². The Kier molecular flexibility index (Phi) is 18.2. The summed E-state index contributed by atoms with van der Waals surface area (Å²) in [5.41, 5.74) is -1.95. The second kappa shape index (κ2) is 20.4. The number of rotatable bonds is 21. The van der Waals surface area contributed by atoms with Gasteiger partial charge in [0.1, 0.15) is 31.8 Å². The lowest BCUT2D eigenvalue weighted by molar-refractivity contribution is -0.159. The van der Waals surface area contributed by atoms with Gasteiger partial charge in [-0.15, -0.1) is 0 Å². The Bertz CT molecular complexity index is 1080. The Morgan fingerprint density at radius 2 is 1.29 bits per heavy atom. The zero-order valence-corrected chi connectivity index (χ0v) is 30.8. The topological polar surface area (TPSA) is 174 Å². The van der Waals surface area contributed by atoms with E-state index in [-0.39, 0.29) is 22.1 Å². The number of nitrogens with one attached hydrogen (secondary N) is 2. The predicted molar refractivity (Wildman–Crippen MR) is 182 cm³/mol. The van der Waals surface area contributed by atoms with Crippen LogP contribution in [0.4, 0.5) is 9.59 Å². The number of amides is 2. The summed E-state index contributed by atoms with van der Waals surface area (Å²) in [6.07, 6.45) is 4.75. The monoisotopic (exact) mass is 716 g/mol. The summed E-state index contributed by atoms with van der Waals surface area (Å²) in [7, 11) is 1.97. The molecule has 14 nitrogen and oxygen atoms in total. The van der Waals surface area contributed by atoms with E-state index in [4.69, 9.17) is 32.2 Å². The standard InChI is InChI=1S/C32H52N2O12SSi/c1-10-25(35)43-20-32(21-44-26(36)11-2,22-45-27(37)12-3)23-46-28(38)34-24-16-30(4,5)18-31(6,17-24)19-33-29(39)47-14-13-15-48(40-7,41-8)42-9/h10-12,24H,1-3,13-23H2,4-9H3,(H,33,39)(H,34,38). The minimum atomic E-state index is -2.69. The number of alkyl carbamates (subject to hydrolysis) is 1. The zero-order chi connectivity index (χ0) is 36.4. The molecule has 0 aromatic carbocycles. The Balaban J connectivity index is 2.89. The molecule has 0 heterocycles. The molecule has 0 bridgehead atoms. The van der Waals surface area contributed by atoms with Crippen molar-refractivity contribution < 1.29 is 56.2 Å². The zero-order valence-electron chi connectivity index (χ0n) is 29.0. The van der Waals surface area contributed by atoms with Crippen LogP contribution in [0.15, 0.2) is 38.0 Å². The van der Waals surface area contributed by atoms with Crippen molar-refractivity contribution >= 4 is 49.8 Å². The van der Waals surface area contributed by atoms with Crippen molar-refractivity contribution in [2.75, 3.05) is 60.1 Å². The Morgan fingerprint density at radius 1 is 0.812 bits per heavy atom. The maximum absolute atomic E-state index is 13.1. The maximum atomic E-state index is 13.1. The lowest BCUT2D eigenvalue weighted by atomic mass is 9.62. The molecule has 0 aliphatic heterocycles. The molecule has 2 atom stereocenters. The quantitative estimate of drug-likeness (QED) is 0.0570. The Hall–Kier alpha value is -3.18. The van der Waals surface area contributed by atoms with E-state index in [0.29, 0.717) is 37.6 Å². The van der Waals surface area contributed by atoms with Crippen molar-refractivity contribution in [2.45, 2.75) is 58.5 Å². The van der Waals surface area contributed by atoms with Crippen LogP contribution in [0.2, 0.25) is 6.04 Å². The first kappa shape index (κ1) is 42.8. The van der Waals surface area contributed by atoms with Crippen molar-refractivity contribution in [1.29, 1.82) is 0 Å². The lowest BCUT2D eigenvalue weighted by Crippen LogP contribution is -2.51. The Labute approximate surface area is 289 Å². The van der Waals surface area contributed by atoms with Gasteiger partial charge in [0, 0.05) is 63.9 Å². The molecule has 1 fully saturated rings. The van der Waals surface area contributed by atoms with Gasteiger partial charge in [-0.1, -0.05) is 52.3 Å². The fourth-order valence-electron chi connectivity index (χ4n) is 5.74. The van der Waals surface area contributed by atoms with E-state index in [1.165, 1.54) is 11.8 Å². The SMILES string of the molecule is C=CC(=O)OCC(COC(=O)C=C)(COC(=O)C=C)COC(=O)NC1CC(C)(C)CC(C)(CNC(=O)SCCC[Si](OC)(OC)OC)C1. The summed E-state index contributed by atoms with van der Waals surface area (Å²) < 4.78 is 37.4. The molecule has 48 heavy (non-hydrogen) atoms. The van der Waals surface area contributed by atoms with Crippen molar-refractivity contribution in [3.05, 3.63) is 38.0 Å². The second-order valence-electron chi connectivity index (χ2n) is 12.8. The molecule has 0 saturated heterocycles. The molecular weight excluding hydrogens is 665 g/mol. The fraction of sp³-hybridized carbons (Fsp3) is 0.656. The van der Waals surface area contributed by atoms with Crippen LogP contribution in [0, 0.1) is 16.2 Å². The summed E-state index contributed by atoms with van der Waals surface area (Å²) in [5, 5.41) is 5.79. The van der Waals surface area contributed by atoms with Crippen LogP contribution >= 0.6 is 11.8 Å². The van der Waals surface area contributed by atoms with Gasteiger partial charge in [-0.3, -0.25) is 4.79 Å². The molecule has 2 amide bonds. The molecule has 1 saturated carbocycles. The highest BCUT2D eigenvalue weighted by molar-refractivity contribution is 8.13. The first-order valence-corrected chi connectivity index (χ1v) is 18.3. The van der Waals surface area contributed by atoms with Gasteiger partial charge in [0.15, 0.2) is 0 Å². The van der Waals surface area contributed by atoms with Gasteiger partial charge in [-0.25, -0.2) is 19.2 Å². The van der Waals surface area contributed by atoms with Crippen LogP contribution in [0.3, 0.4) is 0 Å². The largest absolute Gasteiger partial charge is 0.500 e. The van der Waals surface area contributed by atoms with Crippen LogP contribution in [-0.2, 0) is 46.6 Å². The van der Waals surface area contributed by atoms with E-state index in [1.54, 1.807) is 21.3 Å². The number of ether oxygens (including phenoxy) is 4. The van der Waals surface area contributed by atoms with E-state index < -0.39 is 64.6 Å². The third-order valence-corrected chi connectivity index (χ3v) is 11.5. The van der Waals surface area contributed by atoms with Crippen LogP contribution in [0.5, 0.6) is 0 Å². The van der Waals surface area contributed by atoms with Gasteiger partial charge in [-0.2, -0.15) is 0 Å². The molecule has 16 heteroatoms. The molecule has 0 aromatic heterocycles. The van der Waals surface area contributed by atoms with E-state index in [2.05, 4.69) is 51.1 Å². The number of esters is 3. The summed E-state index contributed by atoms with van der Waals surface area (Å²) in [5.74, 6) is -1.77. The van der Waals surface area contributed by atoms with Crippen LogP contribution in [0.1, 0.15) is 46.5 Å². The molecule has 0 spiro atoms. The Morgan fingerprint density at radius 3 is 1.75 bits per heavy atom. The first-order chi connectivity index (χ1) is 22.5. The van der Waals surface area contributed by atoms with Crippen molar-refractivity contribution in [3.8, 4) is 0 Å². The summed E-state index contributed by atoms with van der Waals surface area (Å²) >= 11 is 1.18. The predicted octanol–water partition coefficient (Wildman–Crippen LogP) is 4.18. The normalized spacial score (nSPS) is 18.8. The highest BCUT2D eigenvalue weighted by atomic mass is 32.2. The summed E-state index contributed by atoms with van der Waals surface area (Å²) in [6, 6.07) is 0.295. The lowest BCUT2D eigenvalue weighted by Gasteiger charge is -2.46. The smallest absolute Gasteiger partial charge is 0.462 e. The molecule has 1 rings (SSSR count). The molecule has 272 valence electrons. The maximum Gasteiger partial charge on any atom is 0.500 e. The fourth-order valence-corrected chi connectivity index (χ4v) is 8.37. The second-order valence-corrected chi connectivity index (χ2v) is 17.0. The van der Waals surface area contributed by atoms with E-state index in [9.17, 15) is 24.0 Å².